The summed E-state index contributed by atoms with van der Waals surface area (Å²) < 4.78 is 95.2. The van der Waals surface area contributed by atoms with E-state index in [-0.39, 0.29) is 17.7 Å². The predicted molar refractivity (Wildman–Crippen MR) is 193 cm³/mol. The first kappa shape index (κ1) is 35.5. The highest BCUT2D eigenvalue weighted by Gasteiger charge is 2.45. The number of aryl methyl sites for hydroxylation is 1. The van der Waals surface area contributed by atoms with Gasteiger partial charge in [0.1, 0.15) is 11.6 Å². The molecule has 2 saturated carbocycles. The number of rotatable bonds is 9. The van der Waals surface area contributed by atoms with Crippen LogP contribution < -0.4 is 4.90 Å². The van der Waals surface area contributed by atoms with E-state index in [0.29, 0.717) is 48.2 Å². The minimum atomic E-state index is -4.01. The molecule has 0 saturated heterocycles. The van der Waals surface area contributed by atoms with Gasteiger partial charge >= 0.3 is 0 Å². The number of hydrogen-bond donors (Lipinski definition) is 0. The summed E-state index contributed by atoms with van der Waals surface area (Å²) in [6.07, 6.45) is 4.65. The summed E-state index contributed by atoms with van der Waals surface area (Å²) in [5.41, 5.74) is 5.36. The van der Waals surface area contributed by atoms with Crippen LogP contribution in [0.25, 0.3) is 5.57 Å². The molecule has 1 heterocycles. The van der Waals surface area contributed by atoms with E-state index in [1.54, 1.807) is 0 Å². The molecule has 4 aromatic rings. The van der Waals surface area contributed by atoms with E-state index < -0.39 is 57.3 Å². The topological polar surface area (TPSA) is 6.48 Å². The van der Waals surface area contributed by atoms with Crippen molar-refractivity contribution in [1.29, 1.82) is 0 Å². The lowest BCUT2D eigenvalue weighted by molar-refractivity contribution is 0.0354. The normalized spacial score (nSPS) is 17.0. The van der Waals surface area contributed by atoms with E-state index in [1.807, 2.05) is 36.9 Å². The standard InChI is InChI=1S/C42H40F6N2S/c1-22(2)30-11-12-37(23(3)13-30)50(20-27-14-31(28-7-8-28)16-32(15-27)29-9-10-29)24(4)19-49-21-34-35(17-33(43)18-36(34)44)42(47,48)38-25(5)26(6)39(45)40(46)41(38)51-49/h11-18,28-29H,1,4,7-10,19-21H2,2-3,5-6H3. The van der Waals surface area contributed by atoms with Crippen LogP contribution in [0.1, 0.15) is 100 Å². The summed E-state index contributed by atoms with van der Waals surface area (Å²) in [7, 11) is 0. The van der Waals surface area contributed by atoms with Gasteiger partial charge in [0.15, 0.2) is 11.6 Å². The number of benzene rings is 4. The Morgan fingerprint density at radius 3 is 2.10 bits per heavy atom. The molecule has 0 bridgehead atoms. The van der Waals surface area contributed by atoms with Crippen molar-refractivity contribution >= 4 is 23.2 Å². The molecule has 2 fully saturated rings. The van der Waals surface area contributed by atoms with Crippen LogP contribution in [0.4, 0.5) is 32.0 Å². The van der Waals surface area contributed by atoms with Crippen molar-refractivity contribution in [3.05, 3.63) is 146 Å². The smallest absolute Gasteiger partial charge is 0.300 e. The van der Waals surface area contributed by atoms with Crippen LogP contribution in [0.5, 0.6) is 0 Å². The average Bonchev–Trinajstić information content (AvgIpc) is 3.99. The van der Waals surface area contributed by atoms with Crippen LogP contribution in [-0.2, 0) is 19.0 Å². The SMILES string of the molecule is C=C(C)c1ccc(N(Cc2cc(C3CC3)cc(C3CC3)c2)C(=C)CN2Cc3c(F)cc(F)cc3C(F)(F)c3c(C)c(C)c(F)c(F)c3S2)c(C)c1. The zero-order valence-corrected chi connectivity index (χ0v) is 30.0. The lowest BCUT2D eigenvalue weighted by Crippen LogP contribution is -2.33. The van der Waals surface area contributed by atoms with Crippen LogP contribution >= 0.6 is 11.9 Å². The molecule has 0 aromatic heterocycles. The molecule has 1 aliphatic heterocycles. The number of nitrogens with zero attached hydrogens (tertiary/aromatic N) is 2. The first-order chi connectivity index (χ1) is 24.1. The lowest BCUT2D eigenvalue weighted by atomic mass is 9.90. The average molecular weight is 719 g/mol. The van der Waals surface area contributed by atoms with Gasteiger partial charge in [-0.05, 0) is 134 Å². The van der Waals surface area contributed by atoms with E-state index >= 15 is 22.0 Å². The molecule has 266 valence electrons. The van der Waals surface area contributed by atoms with Gasteiger partial charge < -0.3 is 4.90 Å². The number of alkyl halides is 2. The lowest BCUT2D eigenvalue weighted by Gasteiger charge is -2.35. The number of allylic oxidation sites excluding steroid dienone is 1. The van der Waals surface area contributed by atoms with Gasteiger partial charge in [-0.25, -0.2) is 21.9 Å². The Labute approximate surface area is 300 Å². The molecule has 9 heteroatoms. The molecule has 2 aliphatic carbocycles. The summed E-state index contributed by atoms with van der Waals surface area (Å²) in [5, 5.41) is 0. The van der Waals surface area contributed by atoms with Crippen LogP contribution in [0.2, 0.25) is 0 Å². The monoisotopic (exact) mass is 718 g/mol. The van der Waals surface area contributed by atoms with E-state index in [4.69, 9.17) is 0 Å². The fraction of sp³-hybridized carbons (Fsp3) is 0.333. The van der Waals surface area contributed by atoms with Crippen molar-refractivity contribution in [3.8, 4) is 0 Å². The third-order valence-electron chi connectivity index (χ3n) is 10.4. The summed E-state index contributed by atoms with van der Waals surface area (Å²) in [4.78, 5) is 1.43. The van der Waals surface area contributed by atoms with Crippen LogP contribution in [0.15, 0.2) is 72.3 Å². The van der Waals surface area contributed by atoms with Crippen molar-refractivity contribution in [2.45, 2.75) is 89.1 Å². The third kappa shape index (κ3) is 6.75. The Hall–Kier alpha value is -3.95. The molecule has 2 nitrogen and oxygen atoms in total. The van der Waals surface area contributed by atoms with Gasteiger partial charge in [0.25, 0.3) is 5.92 Å². The van der Waals surface area contributed by atoms with E-state index in [2.05, 4.69) is 31.4 Å². The fourth-order valence-electron chi connectivity index (χ4n) is 7.17. The molecule has 0 radical (unpaired) electrons. The van der Waals surface area contributed by atoms with Crippen molar-refractivity contribution in [1.82, 2.24) is 4.31 Å². The molecular weight excluding hydrogens is 679 g/mol. The summed E-state index contributed by atoms with van der Waals surface area (Å²) in [5.74, 6) is -7.91. The molecule has 0 N–H and O–H groups in total. The van der Waals surface area contributed by atoms with Crippen molar-refractivity contribution < 1.29 is 26.3 Å². The Morgan fingerprint density at radius 1 is 0.863 bits per heavy atom. The van der Waals surface area contributed by atoms with Crippen LogP contribution in [-0.4, -0.2) is 10.8 Å². The second kappa shape index (κ2) is 13.2. The molecule has 0 atom stereocenters. The maximum absolute atomic E-state index is 16.4. The Morgan fingerprint density at radius 2 is 1.51 bits per heavy atom. The number of anilines is 1. The molecular formula is C42H40F6N2S. The summed E-state index contributed by atoms with van der Waals surface area (Å²) in [6.45, 7) is 14.9. The van der Waals surface area contributed by atoms with Crippen molar-refractivity contribution in [2.24, 2.45) is 0 Å². The fourth-order valence-corrected chi connectivity index (χ4v) is 8.38. The highest BCUT2D eigenvalue weighted by molar-refractivity contribution is 7.97. The molecule has 4 aromatic carbocycles. The van der Waals surface area contributed by atoms with E-state index in [9.17, 15) is 4.39 Å². The number of halogens is 6. The zero-order valence-electron chi connectivity index (χ0n) is 29.2. The maximum Gasteiger partial charge on any atom is 0.300 e. The summed E-state index contributed by atoms with van der Waals surface area (Å²) >= 11 is 0.599. The van der Waals surface area contributed by atoms with Crippen LogP contribution in [0.3, 0.4) is 0 Å². The van der Waals surface area contributed by atoms with Crippen LogP contribution in [0, 0.1) is 44.0 Å². The van der Waals surface area contributed by atoms with Gasteiger partial charge in [-0.1, -0.05) is 43.0 Å². The van der Waals surface area contributed by atoms with Gasteiger partial charge in [-0.15, -0.1) is 0 Å². The van der Waals surface area contributed by atoms with Gasteiger partial charge in [0.2, 0.25) is 0 Å². The van der Waals surface area contributed by atoms with Crippen molar-refractivity contribution in [2.75, 3.05) is 11.4 Å². The van der Waals surface area contributed by atoms with Gasteiger partial charge in [0, 0.05) is 53.8 Å². The molecule has 0 spiro atoms. The Kier molecular flexibility index (Phi) is 9.20. The molecule has 7 rings (SSSR count). The molecule has 51 heavy (non-hydrogen) atoms. The van der Waals surface area contributed by atoms with E-state index in [1.165, 1.54) is 29.3 Å². The number of fused-ring (bicyclic) bond motifs is 2. The predicted octanol–water partition coefficient (Wildman–Crippen LogP) is 12.1. The number of hydrogen-bond acceptors (Lipinski definition) is 3. The van der Waals surface area contributed by atoms with Gasteiger partial charge in [0.05, 0.1) is 4.90 Å². The second-order valence-electron chi connectivity index (χ2n) is 14.4. The van der Waals surface area contributed by atoms with E-state index in [0.717, 1.165) is 53.6 Å². The first-order valence-corrected chi connectivity index (χ1v) is 18.0. The van der Waals surface area contributed by atoms with Gasteiger partial charge in [-0.2, -0.15) is 8.78 Å². The minimum Gasteiger partial charge on any atom is -0.340 e. The van der Waals surface area contributed by atoms with Gasteiger partial charge in [-0.3, -0.25) is 0 Å². The highest BCUT2D eigenvalue weighted by atomic mass is 32.2. The first-order valence-electron chi connectivity index (χ1n) is 17.3. The third-order valence-corrected chi connectivity index (χ3v) is 11.5. The Balaban J connectivity index is 1.32. The quantitative estimate of drug-likeness (QED) is 0.126. The minimum absolute atomic E-state index is 0.0423. The molecule has 0 unspecified atom stereocenters. The molecule has 3 aliphatic rings. The summed E-state index contributed by atoms with van der Waals surface area (Å²) in [6, 6.07) is 14.0. The maximum atomic E-state index is 16.4. The largest absolute Gasteiger partial charge is 0.340 e. The van der Waals surface area contributed by atoms with Crippen molar-refractivity contribution in [3.63, 3.8) is 0 Å². The molecule has 0 amide bonds. The zero-order chi connectivity index (χ0) is 36.5. The Bertz CT molecular complexity index is 2070. The highest BCUT2D eigenvalue weighted by Crippen LogP contribution is 2.50. The second-order valence-corrected chi connectivity index (χ2v) is 15.6.